The van der Waals surface area contributed by atoms with Crippen LogP contribution in [0.5, 0.6) is 0 Å². The van der Waals surface area contributed by atoms with E-state index in [1.807, 2.05) is 6.07 Å². The molecule has 0 aliphatic heterocycles. The van der Waals surface area contributed by atoms with Gasteiger partial charge in [0, 0.05) is 26.4 Å². The number of halogens is 3. The van der Waals surface area contributed by atoms with E-state index in [9.17, 15) is 4.39 Å². The first-order valence-electron chi connectivity index (χ1n) is 5.17. The van der Waals surface area contributed by atoms with Gasteiger partial charge in [-0.1, -0.05) is 29.3 Å². The van der Waals surface area contributed by atoms with Gasteiger partial charge in [0.1, 0.15) is 5.82 Å². The molecule has 0 aromatic heterocycles. The lowest BCUT2D eigenvalue weighted by Crippen LogP contribution is -1.88. The van der Waals surface area contributed by atoms with Gasteiger partial charge in [-0.2, -0.15) is 0 Å². The van der Waals surface area contributed by atoms with E-state index >= 15 is 0 Å². The van der Waals surface area contributed by atoms with Crippen molar-refractivity contribution in [3.8, 4) is 0 Å². The van der Waals surface area contributed by atoms with E-state index in [2.05, 4.69) is 0 Å². The number of rotatable bonds is 3. The van der Waals surface area contributed by atoms with E-state index in [4.69, 9.17) is 28.9 Å². The van der Waals surface area contributed by atoms with Gasteiger partial charge in [-0.15, -0.1) is 11.8 Å². The molecule has 2 aromatic rings. The minimum Gasteiger partial charge on any atom is -0.399 e. The summed E-state index contributed by atoms with van der Waals surface area (Å²) in [5.41, 5.74) is 6.95. The molecular weight excluding hydrogens is 292 g/mol. The van der Waals surface area contributed by atoms with Crippen molar-refractivity contribution in [1.82, 2.24) is 0 Å². The number of thioether (sulfide) groups is 1. The maximum absolute atomic E-state index is 13.1. The van der Waals surface area contributed by atoms with Crippen molar-refractivity contribution in [3.05, 3.63) is 57.8 Å². The predicted molar refractivity (Wildman–Crippen MR) is 76.8 cm³/mol. The van der Waals surface area contributed by atoms with Crippen molar-refractivity contribution in [2.45, 2.75) is 10.6 Å². The van der Waals surface area contributed by atoms with E-state index in [0.29, 0.717) is 21.5 Å². The molecule has 2 rings (SSSR count). The average Bonchev–Trinajstić information content (AvgIpc) is 2.26. The SMILES string of the molecule is Nc1cc(F)cc(SCc2ccc(Cl)cc2Cl)c1. The van der Waals surface area contributed by atoms with Gasteiger partial charge < -0.3 is 5.73 Å². The summed E-state index contributed by atoms with van der Waals surface area (Å²) in [6.45, 7) is 0. The van der Waals surface area contributed by atoms with E-state index in [-0.39, 0.29) is 5.82 Å². The lowest BCUT2D eigenvalue weighted by atomic mass is 10.2. The maximum Gasteiger partial charge on any atom is 0.126 e. The lowest BCUT2D eigenvalue weighted by molar-refractivity contribution is 0.625. The Bertz CT molecular complexity index is 555. The van der Waals surface area contributed by atoms with E-state index in [0.717, 1.165) is 10.5 Å². The number of hydrogen-bond donors (Lipinski definition) is 1. The van der Waals surface area contributed by atoms with Gasteiger partial charge in [-0.05, 0) is 35.9 Å². The highest BCUT2D eigenvalue weighted by Crippen LogP contribution is 2.29. The summed E-state index contributed by atoms with van der Waals surface area (Å²) in [6.07, 6.45) is 0. The molecule has 0 bridgehead atoms. The second-order valence-electron chi connectivity index (χ2n) is 3.74. The van der Waals surface area contributed by atoms with Crippen LogP contribution in [0.1, 0.15) is 5.56 Å². The smallest absolute Gasteiger partial charge is 0.126 e. The van der Waals surface area contributed by atoms with Crippen molar-refractivity contribution < 1.29 is 4.39 Å². The highest BCUT2D eigenvalue weighted by atomic mass is 35.5. The van der Waals surface area contributed by atoms with Crippen LogP contribution in [-0.2, 0) is 5.75 Å². The number of hydrogen-bond acceptors (Lipinski definition) is 2. The number of benzene rings is 2. The van der Waals surface area contributed by atoms with Crippen LogP contribution < -0.4 is 5.73 Å². The van der Waals surface area contributed by atoms with Crippen LogP contribution >= 0.6 is 35.0 Å². The van der Waals surface area contributed by atoms with Crippen LogP contribution in [0.15, 0.2) is 41.3 Å². The molecule has 94 valence electrons. The zero-order valence-corrected chi connectivity index (χ0v) is 11.6. The van der Waals surface area contributed by atoms with E-state index in [1.165, 1.54) is 23.9 Å². The summed E-state index contributed by atoms with van der Waals surface area (Å²) in [6, 6.07) is 9.81. The summed E-state index contributed by atoms with van der Waals surface area (Å²) in [5, 5.41) is 1.21. The Balaban J connectivity index is 2.11. The quantitative estimate of drug-likeness (QED) is 0.637. The first-order valence-corrected chi connectivity index (χ1v) is 6.91. The van der Waals surface area contributed by atoms with Crippen molar-refractivity contribution in [3.63, 3.8) is 0 Å². The van der Waals surface area contributed by atoms with Crippen molar-refractivity contribution in [2.24, 2.45) is 0 Å². The van der Waals surface area contributed by atoms with Crippen LogP contribution in [0.2, 0.25) is 10.0 Å². The highest BCUT2D eigenvalue weighted by molar-refractivity contribution is 7.98. The van der Waals surface area contributed by atoms with Gasteiger partial charge in [-0.3, -0.25) is 0 Å². The third-order valence-corrected chi connectivity index (χ3v) is 3.91. The average molecular weight is 302 g/mol. The molecule has 0 radical (unpaired) electrons. The summed E-state index contributed by atoms with van der Waals surface area (Å²) < 4.78 is 13.1. The van der Waals surface area contributed by atoms with Gasteiger partial charge in [-0.25, -0.2) is 4.39 Å². The van der Waals surface area contributed by atoms with E-state index < -0.39 is 0 Å². The molecule has 0 aliphatic carbocycles. The molecule has 0 aliphatic rings. The predicted octanol–water partition coefficient (Wildman–Crippen LogP) is 5.01. The fourth-order valence-electron chi connectivity index (χ4n) is 1.47. The van der Waals surface area contributed by atoms with Gasteiger partial charge >= 0.3 is 0 Å². The Morgan fingerprint density at radius 2 is 1.89 bits per heavy atom. The Kier molecular flexibility index (Phi) is 4.38. The first kappa shape index (κ1) is 13.5. The highest BCUT2D eigenvalue weighted by Gasteiger charge is 2.04. The Morgan fingerprint density at radius 1 is 1.11 bits per heavy atom. The summed E-state index contributed by atoms with van der Waals surface area (Å²) >= 11 is 13.4. The van der Waals surface area contributed by atoms with Gasteiger partial charge in [0.25, 0.3) is 0 Å². The topological polar surface area (TPSA) is 26.0 Å². The summed E-state index contributed by atoms with van der Waals surface area (Å²) in [4.78, 5) is 0.776. The molecule has 2 aromatic carbocycles. The zero-order valence-electron chi connectivity index (χ0n) is 9.29. The zero-order chi connectivity index (χ0) is 13.1. The molecule has 0 heterocycles. The summed E-state index contributed by atoms with van der Waals surface area (Å²) in [7, 11) is 0. The standard InChI is InChI=1S/C13H10Cl2FNS/c14-9-2-1-8(13(15)3-9)7-18-12-5-10(16)4-11(17)6-12/h1-6H,7,17H2. The number of nitrogen functional groups attached to an aromatic ring is 1. The van der Waals surface area contributed by atoms with Crippen molar-refractivity contribution in [2.75, 3.05) is 5.73 Å². The van der Waals surface area contributed by atoms with Gasteiger partial charge in [0.15, 0.2) is 0 Å². The molecule has 5 heteroatoms. The Morgan fingerprint density at radius 3 is 2.56 bits per heavy atom. The normalized spacial score (nSPS) is 10.6. The molecule has 1 nitrogen and oxygen atoms in total. The molecule has 0 unspecified atom stereocenters. The Labute approximate surface area is 119 Å². The van der Waals surface area contributed by atoms with Crippen LogP contribution in [-0.4, -0.2) is 0 Å². The van der Waals surface area contributed by atoms with Crippen molar-refractivity contribution in [1.29, 1.82) is 0 Å². The molecular formula is C13H10Cl2FNS. The first-order chi connectivity index (χ1) is 8.54. The van der Waals surface area contributed by atoms with Crippen molar-refractivity contribution >= 4 is 40.7 Å². The number of nitrogens with two attached hydrogens (primary N) is 1. The molecule has 0 saturated carbocycles. The van der Waals surface area contributed by atoms with E-state index in [1.54, 1.807) is 18.2 Å². The van der Waals surface area contributed by atoms with Crippen LogP contribution in [0.25, 0.3) is 0 Å². The fourth-order valence-corrected chi connectivity index (χ4v) is 3.01. The number of anilines is 1. The minimum atomic E-state index is -0.334. The molecule has 2 N–H and O–H groups in total. The van der Waals surface area contributed by atoms with Crippen LogP contribution in [0.3, 0.4) is 0 Å². The van der Waals surface area contributed by atoms with Gasteiger partial charge in [0.05, 0.1) is 0 Å². The monoisotopic (exact) mass is 301 g/mol. The van der Waals surface area contributed by atoms with Crippen LogP contribution in [0, 0.1) is 5.82 Å². The third-order valence-electron chi connectivity index (χ3n) is 2.30. The molecule has 0 saturated heterocycles. The molecule has 18 heavy (non-hydrogen) atoms. The minimum absolute atomic E-state index is 0.334. The molecule has 0 atom stereocenters. The lowest BCUT2D eigenvalue weighted by Gasteiger charge is -2.06. The van der Waals surface area contributed by atoms with Crippen LogP contribution in [0.4, 0.5) is 10.1 Å². The fraction of sp³-hybridized carbons (Fsp3) is 0.0769. The van der Waals surface area contributed by atoms with Gasteiger partial charge in [0.2, 0.25) is 0 Å². The second kappa shape index (κ2) is 5.83. The molecule has 0 spiro atoms. The third kappa shape index (κ3) is 3.55. The summed E-state index contributed by atoms with van der Waals surface area (Å²) in [5.74, 6) is 0.304. The maximum atomic E-state index is 13.1. The Hall–Kier alpha value is -0.900. The molecule has 0 amide bonds. The largest absolute Gasteiger partial charge is 0.399 e. The second-order valence-corrected chi connectivity index (χ2v) is 5.64. The molecule has 0 fully saturated rings.